The van der Waals surface area contributed by atoms with E-state index in [9.17, 15) is 4.79 Å². The minimum atomic E-state index is -0.121. The van der Waals surface area contributed by atoms with Crippen LogP contribution in [0, 0.1) is 0 Å². The minimum absolute atomic E-state index is 0.121. The number of nitrogen functional groups attached to an aromatic ring is 1. The Bertz CT molecular complexity index is 381. The first kappa shape index (κ1) is 16.4. The molecule has 7 N–H and O–H groups in total. The molecule has 1 aromatic heterocycles. The van der Waals surface area contributed by atoms with Crippen LogP contribution in [-0.4, -0.2) is 37.1 Å². The Kier molecular flexibility index (Phi) is 8.28. The number of rotatable bonds is 10. The predicted octanol–water partition coefficient (Wildman–Crippen LogP) is -0.184. The summed E-state index contributed by atoms with van der Waals surface area (Å²) in [6.45, 7) is 3.24. The molecule has 0 saturated heterocycles. The molecule has 0 unspecified atom stereocenters. The third-order valence-electron chi connectivity index (χ3n) is 2.80. The van der Waals surface area contributed by atoms with Gasteiger partial charge in [0.25, 0.3) is 5.91 Å². The molecule has 0 fully saturated rings. The average Bonchev–Trinajstić information content (AvgIpc) is 2.50. The van der Waals surface area contributed by atoms with Crippen molar-refractivity contribution < 1.29 is 4.79 Å². The van der Waals surface area contributed by atoms with E-state index in [0.29, 0.717) is 17.9 Å². The molecule has 0 atom stereocenters. The summed E-state index contributed by atoms with van der Waals surface area (Å²) in [5, 5.41) is 6.16. The number of carbonyl (C=O) groups is 1. The third-order valence-corrected chi connectivity index (χ3v) is 2.80. The Morgan fingerprint density at radius 2 is 1.95 bits per heavy atom. The number of carbonyl (C=O) groups excluding carboxylic acids is 1. The summed E-state index contributed by atoms with van der Waals surface area (Å²) in [7, 11) is 0. The lowest BCUT2D eigenvalue weighted by atomic mass is 10.2. The van der Waals surface area contributed by atoms with Crippen LogP contribution in [0.4, 0.5) is 5.82 Å². The minimum Gasteiger partial charge on any atom is -0.352 e. The van der Waals surface area contributed by atoms with Gasteiger partial charge in [0.1, 0.15) is 5.82 Å². The Labute approximate surface area is 119 Å². The van der Waals surface area contributed by atoms with E-state index in [0.717, 1.165) is 38.9 Å². The van der Waals surface area contributed by atoms with Gasteiger partial charge in [-0.25, -0.2) is 10.8 Å². The average molecular weight is 280 g/mol. The van der Waals surface area contributed by atoms with Crippen LogP contribution in [0.5, 0.6) is 0 Å². The van der Waals surface area contributed by atoms with E-state index in [2.05, 4.69) is 21.0 Å². The van der Waals surface area contributed by atoms with E-state index in [-0.39, 0.29) is 5.91 Å². The Morgan fingerprint density at radius 3 is 2.60 bits per heavy atom. The van der Waals surface area contributed by atoms with Gasteiger partial charge in [-0.1, -0.05) is 0 Å². The number of hydrogen-bond acceptors (Lipinski definition) is 6. The molecule has 1 rings (SSSR count). The number of nitrogens with two attached hydrogens (primary N) is 2. The number of aromatic nitrogens is 1. The van der Waals surface area contributed by atoms with Crippen LogP contribution < -0.4 is 27.6 Å². The molecule has 7 heteroatoms. The highest BCUT2D eigenvalue weighted by atomic mass is 16.1. The first-order chi connectivity index (χ1) is 9.77. The zero-order valence-corrected chi connectivity index (χ0v) is 11.7. The van der Waals surface area contributed by atoms with E-state index < -0.39 is 0 Å². The van der Waals surface area contributed by atoms with Crippen LogP contribution in [0.15, 0.2) is 18.3 Å². The van der Waals surface area contributed by atoms with Crippen LogP contribution >= 0.6 is 0 Å². The molecule has 1 heterocycles. The molecule has 0 aromatic carbocycles. The highest BCUT2D eigenvalue weighted by Crippen LogP contribution is 2.03. The standard InChI is InChI=1S/C13H24N6O/c14-6-1-2-7-16-8-3-9-17-13(20)11-4-5-12(19-15)18-10-11/h4-5,10,16H,1-3,6-9,14-15H2,(H,17,20)(H,18,19). The SMILES string of the molecule is NCCCCNCCCNC(=O)c1ccc(NN)nc1. The second-order valence-corrected chi connectivity index (χ2v) is 4.43. The number of unbranched alkanes of at least 4 members (excludes halogenated alkanes) is 1. The molecule has 20 heavy (non-hydrogen) atoms. The fourth-order valence-corrected chi connectivity index (χ4v) is 1.65. The molecule has 0 bridgehead atoms. The zero-order valence-electron chi connectivity index (χ0n) is 11.7. The lowest BCUT2D eigenvalue weighted by Gasteiger charge is -2.07. The van der Waals surface area contributed by atoms with Gasteiger partial charge < -0.3 is 21.8 Å². The van der Waals surface area contributed by atoms with Crippen LogP contribution in [0.25, 0.3) is 0 Å². The van der Waals surface area contributed by atoms with Crippen molar-refractivity contribution in [2.75, 3.05) is 31.6 Å². The molecule has 7 nitrogen and oxygen atoms in total. The van der Waals surface area contributed by atoms with Crippen molar-refractivity contribution >= 4 is 11.7 Å². The number of hydrogen-bond donors (Lipinski definition) is 5. The fraction of sp³-hybridized carbons (Fsp3) is 0.538. The number of anilines is 1. The molecular weight excluding hydrogens is 256 g/mol. The first-order valence-electron chi connectivity index (χ1n) is 6.89. The van der Waals surface area contributed by atoms with E-state index in [1.54, 1.807) is 12.1 Å². The molecule has 0 radical (unpaired) electrons. The topological polar surface area (TPSA) is 118 Å². The van der Waals surface area contributed by atoms with Gasteiger partial charge in [-0.05, 0) is 51.0 Å². The van der Waals surface area contributed by atoms with Gasteiger partial charge in [0.05, 0.1) is 5.56 Å². The second kappa shape index (κ2) is 10.1. The van der Waals surface area contributed by atoms with Gasteiger partial charge >= 0.3 is 0 Å². The third kappa shape index (κ3) is 6.46. The maximum Gasteiger partial charge on any atom is 0.252 e. The Hall–Kier alpha value is -1.70. The van der Waals surface area contributed by atoms with Crippen molar-refractivity contribution in [2.24, 2.45) is 11.6 Å². The highest BCUT2D eigenvalue weighted by molar-refractivity contribution is 5.93. The van der Waals surface area contributed by atoms with Gasteiger partial charge in [-0.15, -0.1) is 0 Å². The van der Waals surface area contributed by atoms with E-state index >= 15 is 0 Å². The number of nitrogens with one attached hydrogen (secondary N) is 3. The Balaban J connectivity index is 2.10. The lowest BCUT2D eigenvalue weighted by molar-refractivity contribution is 0.0953. The highest BCUT2D eigenvalue weighted by Gasteiger charge is 2.04. The number of nitrogens with zero attached hydrogens (tertiary/aromatic N) is 1. The van der Waals surface area contributed by atoms with Gasteiger partial charge in [0.2, 0.25) is 0 Å². The number of pyridine rings is 1. The maximum absolute atomic E-state index is 11.8. The molecule has 112 valence electrons. The van der Waals surface area contributed by atoms with E-state index in [1.807, 2.05) is 0 Å². The Morgan fingerprint density at radius 1 is 1.15 bits per heavy atom. The molecule has 0 aliphatic rings. The van der Waals surface area contributed by atoms with Crippen molar-refractivity contribution in [1.82, 2.24) is 15.6 Å². The summed E-state index contributed by atoms with van der Waals surface area (Å²) in [5.41, 5.74) is 8.35. The summed E-state index contributed by atoms with van der Waals surface area (Å²) in [6.07, 6.45) is 4.53. The van der Waals surface area contributed by atoms with Crippen LogP contribution in [0.3, 0.4) is 0 Å². The smallest absolute Gasteiger partial charge is 0.252 e. The summed E-state index contributed by atoms with van der Waals surface area (Å²) in [6, 6.07) is 3.34. The number of amides is 1. The van der Waals surface area contributed by atoms with Gasteiger partial charge in [-0.3, -0.25) is 4.79 Å². The summed E-state index contributed by atoms with van der Waals surface area (Å²) < 4.78 is 0. The van der Waals surface area contributed by atoms with E-state index in [4.69, 9.17) is 11.6 Å². The molecule has 1 amide bonds. The monoisotopic (exact) mass is 280 g/mol. The van der Waals surface area contributed by atoms with Gasteiger partial charge in [0.15, 0.2) is 0 Å². The molecular formula is C13H24N6O. The van der Waals surface area contributed by atoms with Crippen molar-refractivity contribution in [3.8, 4) is 0 Å². The molecule has 1 aromatic rings. The number of hydrazine groups is 1. The van der Waals surface area contributed by atoms with Crippen molar-refractivity contribution in [2.45, 2.75) is 19.3 Å². The molecule has 0 saturated carbocycles. The zero-order chi connectivity index (χ0) is 14.6. The normalized spacial score (nSPS) is 10.3. The summed E-state index contributed by atoms with van der Waals surface area (Å²) >= 11 is 0. The van der Waals surface area contributed by atoms with Crippen molar-refractivity contribution in [3.05, 3.63) is 23.9 Å². The molecule has 0 aliphatic heterocycles. The molecule has 0 spiro atoms. The van der Waals surface area contributed by atoms with Crippen LogP contribution in [-0.2, 0) is 0 Å². The van der Waals surface area contributed by atoms with Crippen molar-refractivity contribution in [1.29, 1.82) is 0 Å². The van der Waals surface area contributed by atoms with Gasteiger partial charge in [0, 0.05) is 12.7 Å². The summed E-state index contributed by atoms with van der Waals surface area (Å²) in [5.74, 6) is 5.62. The molecule has 0 aliphatic carbocycles. The van der Waals surface area contributed by atoms with Crippen LogP contribution in [0.2, 0.25) is 0 Å². The second-order valence-electron chi connectivity index (χ2n) is 4.43. The lowest BCUT2D eigenvalue weighted by Crippen LogP contribution is -2.27. The van der Waals surface area contributed by atoms with Crippen LogP contribution in [0.1, 0.15) is 29.6 Å². The predicted molar refractivity (Wildman–Crippen MR) is 80.2 cm³/mol. The largest absolute Gasteiger partial charge is 0.352 e. The van der Waals surface area contributed by atoms with Crippen molar-refractivity contribution in [3.63, 3.8) is 0 Å². The quantitative estimate of drug-likeness (QED) is 0.230. The fourth-order valence-electron chi connectivity index (χ4n) is 1.65. The van der Waals surface area contributed by atoms with E-state index in [1.165, 1.54) is 6.20 Å². The van der Waals surface area contributed by atoms with Gasteiger partial charge in [-0.2, -0.15) is 0 Å². The summed E-state index contributed by atoms with van der Waals surface area (Å²) in [4.78, 5) is 15.8. The first-order valence-corrected chi connectivity index (χ1v) is 6.89. The maximum atomic E-state index is 11.8.